The van der Waals surface area contributed by atoms with Crippen molar-refractivity contribution in [2.24, 2.45) is 0 Å². The van der Waals surface area contributed by atoms with Crippen LogP contribution in [0.15, 0.2) is 0 Å². The Kier molecular flexibility index (Phi) is 12.2. The van der Waals surface area contributed by atoms with Crippen LogP contribution in [0.5, 0.6) is 0 Å². The Morgan fingerprint density at radius 3 is 2.41 bits per heavy atom. The molecule has 17 heavy (non-hydrogen) atoms. The topological polar surface area (TPSA) is 40.1 Å². The second-order valence-electron chi connectivity index (χ2n) is 4.61. The Morgan fingerprint density at radius 1 is 1.06 bits per heavy atom. The Labute approximate surface area is 111 Å². The van der Waals surface area contributed by atoms with Crippen molar-refractivity contribution in [3.8, 4) is 0 Å². The summed E-state index contributed by atoms with van der Waals surface area (Å²) in [5.74, 6) is 0.323. The number of aliphatic carboxylic acids is 1. The van der Waals surface area contributed by atoms with Crippen LogP contribution in [0.3, 0.4) is 0 Å². The molecule has 0 bridgehead atoms. The van der Waals surface area contributed by atoms with Gasteiger partial charge in [-0.2, -0.15) is 11.8 Å². The molecule has 0 heterocycles. The van der Waals surface area contributed by atoms with Crippen LogP contribution in [-0.2, 0) is 4.79 Å². The number of rotatable bonds is 12. The van der Waals surface area contributed by atoms with Crippen LogP contribution in [0.2, 0.25) is 0 Å². The van der Waals surface area contributed by atoms with Gasteiger partial charge in [-0.15, -0.1) is 0 Å². The molecule has 102 valence electrons. The predicted molar refractivity (Wildman–Crippen MR) is 74.2 cm³/mol. The van der Waals surface area contributed by atoms with Gasteiger partial charge in [0.05, 0.1) is 0 Å². The van der Waals surface area contributed by atoms with Gasteiger partial charge >= 0.3 is 0 Å². The molecule has 0 aliphatic heterocycles. The second kappa shape index (κ2) is 12.3. The van der Waals surface area contributed by atoms with Gasteiger partial charge in [0, 0.05) is 11.2 Å². The average molecular weight is 259 g/mol. The van der Waals surface area contributed by atoms with E-state index in [0.29, 0.717) is 5.25 Å². The van der Waals surface area contributed by atoms with Crippen molar-refractivity contribution < 1.29 is 9.90 Å². The maximum Gasteiger partial charge on any atom is 0.0414 e. The number of carboxylic acids is 1. The summed E-state index contributed by atoms with van der Waals surface area (Å²) in [5, 5.41) is 11.0. The van der Waals surface area contributed by atoms with Gasteiger partial charge in [-0.1, -0.05) is 39.5 Å². The predicted octanol–water partition coefficient (Wildman–Crippen LogP) is 3.39. The van der Waals surface area contributed by atoms with E-state index in [9.17, 15) is 9.90 Å². The van der Waals surface area contributed by atoms with E-state index >= 15 is 0 Å². The standard InChI is InChI=1S/C14H28O2S/c1-3-5-6-7-12-17-13(9-4-2)10-8-11-14(15)16/h13H,3-12H2,1-2H3,(H,15,16)/p-1. The fourth-order valence-electron chi connectivity index (χ4n) is 1.89. The highest BCUT2D eigenvalue weighted by molar-refractivity contribution is 7.99. The summed E-state index contributed by atoms with van der Waals surface area (Å²) in [4.78, 5) is 10.4. The number of carboxylic acid groups (broad SMARTS) is 1. The third kappa shape index (κ3) is 12.1. The van der Waals surface area contributed by atoms with Crippen LogP contribution in [-0.4, -0.2) is 17.0 Å². The maximum absolute atomic E-state index is 10.4. The van der Waals surface area contributed by atoms with E-state index < -0.39 is 5.97 Å². The molecule has 0 aliphatic rings. The molecule has 0 aromatic carbocycles. The lowest BCUT2D eigenvalue weighted by atomic mass is 10.1. The monoisotopic (exact) mass is 259 g/mol. The minimum absolute atomic E-state index is 0.219. The summed E-state index contributed by atoms with van der Waals surface area (Å²) in [6.07, 6.45) is 9.69. The Balaban J connectivity index is 3.55. The van der Waals surface area contributed by atoms with Crippen LogP contribution < -0.4 is 5.11 Å². The van der Waals surface area contributed by atoms with E-state index in [2.05, 4.69) is 13.8 Å². The first-order valence-corrected chi connectivity index (χ1v) is 8.07. The van der Waals surface area contributed by atoms with Gasteiger partial charge in [0.1, 0.15) is 0 Å². The van der Waals surface area contributed by atoms with E-state index in [1.54, 1.807) is 0 Å². The van der Waals surface area contributed by atoms with Crippen LogP contribution >= 0.6 is 11.8 Å². The minimum Gasteiger partial charge on any atom is -0.550 e. The largest absolute Gasteiger partial charge is 0.550 e. The number of hydrogen-bond donors (Lipinski definition) is 0. The Hall–Kier alpha value is -0.180. The van der Waals surface area contributed by atoms with Gasteiger partial charge in [-0.05, 0) is 37.9 Å². The molecule has 0 aliphatic carbocycles. The molecule has 0 saturated heterocycles. The number of thioether (sulfide) groups is 1. The highest BCUT2D eigenvalue weighted by Gasteiger charge is 2.07. The van der Waals surface area contributed by atoms with Gasteiger partial charge in [0.2, 0.25) is 0 Å². The molecule has 0 N–H and O–H groups in total. The van der Waals surface area contributed by atoms with Gasteiger partial charge in [-0.3, -0.25) is 0 Å². The van der Waals surface area contributed by atoms with Crippen molar-refractivity contribution >= 4 is 17.7 Å². The molecule has 1 atom stereocenters. The van der Waals surface area contributed by atoms with E-state index in [1.165, 1.54) is 44.3 Å². The lowest BCUT2D eigenvalue weighted by molar-refractivity contribution is -0.305. The molecular formula is C14H27O2S-. The molecule has 0 rings (SSSR count). The fraction of sp³-hybridized carbons (Fsp3) is 0.929. The molecule has 0 aromatic heterocycles. The van der Waals surface area contributed by atoms with Crippen LogP contribution in [0.4, 0.5) is 0 Å². The zero-order valence-electron chi connectivity index (χ0n) is 11.4. The smallest absolute Gasteiger partial charge is 0.0414 e. The third-order valence-electron chi connectivity index (χ3n) is 2.87. The van der Waals surface area contributed by atoms with Gasteiger partial charge in [0.25, 0.3) is 0 Å². The summed E-state index contributed by atoms with van der Waals surface area (Å²) < 4.78 is 0. The lowest BCUT2D eigenvalue weighted by Gasteiger charge is -2.15. The van der Waals surface area contributed by atoms with Gasteiger partial charge in [-0.25, -0.2) is 0 Å². The molecule has 0 fully saturated rings. The summed E-state index contributed by atoms with van der Waals surface area (Å²) in [6.45, 7) is 4.43. The summed E-state index contributed by atoms with van der Waals surface area (Å²) in [5.41, 5.74) is 0. The normalized spacial score (nSPS) is 12.6. The molecule has 3 heteroatoms. The summed E-state index contributed by atoms with van der Waals surface area (Å²) >= 11 is 2.03. The van der Waals surface area contributed by atoms with E-state index in [-0.39, 0.29) is 6.42 Å². The Bertz CT molecular complexity index is 183. The van der Waals surface area contributed by atoms with Crippen LogP contribution in [0, 0.1) is 0 Å². The van der Waals surface area contributed by atoms with E-state index in [1.807, 2.05) is 11.8 Å². The van der Waals surface area contributed by atoms with E-state index in [4.69, 9.17) is 0 Å². The van der Waals surface area contributed by atoms with E-state index in [0.717, 1.165) is 12.8 Å². The van der Waals surface area contributed by atoms with Crippen molar-refractivity contribution in [1.29, 1.82) is 0 Å². The van der Waals surface area contributed by atoms with Gasteiger partial charge < -0.3 is 9.90 Å². The van der Waals surface area contributed by atoms with Crippen LogP contribution in [0.1, 0.15) is 71.6 Å². The molecular weight excluding hydrogens is 232 g/mol. The quantitative estimate of drug-likeness (QED) is 0.504. The summed E-state index contributed by atoms with van der Waals surface area (Å²) in [7, 11) is 0. The van der Waals surface area contributed by atoms with Crippen molar-refractivity contribution in [1.82, 2.24) is 0 Å². The zero-order valence-corrected chi connectivity index (χ0v) is 12.2. The zero-order chi connectivity index (χ0) is 12.9. The van der Waals surface area contributed by atoms with Crippen LogP contribution in [0.25, 0.3) is 0 Å². The van der Waals surface area contributed by atoms with Crippen molar-refractivity contribution in [3.05, 3.63) is 0 Å². The molecule has 0 aromatic rings. The number of hydrogen-bond acceptors (Lipinski definition) is 3. The first-order valence-electron chi connectivity index (χ1n) is 7.02. The highest BCUT2D eigenvalue weighted by atomic mass is 32.2. The minimum atomic E-state index is -0.909. The molecule has 0 radical (unpaired) electrons. The average Bonchev–Trinajstić information content (AvgIpc) is 2.28. The highest BCUT2D eigenvalue weighted by Crippen LogP contribution is 2.23. The number of unbranched alkanes of at least 4 members (excludes halogenated alkanes) is 3. The SMILES string of the molecule is CCCCCCSC(CCC)CCCC(=O)[O-]. The first kappa shape index (κ1) is 16.8. The number of carbonyl (C=O) groups is 1. The second-order valence-corrected chi connectivity index (χ2v) is 6.01. The fourth-order valence-corrected chi connectivity index (χ4v) is 3.33. The lowest BCUT2D eigenvalue weighted by Crippen LogP contribution is -2.22. The van der Waals surface area contributed by atoms with Gasteiger partial charge in [0.15, 0.2) is 0 Å². The number of carbonyl (C=O) groups excluding carboxylic acids is 1. The molecule has 0 saturated carbocycles. The third-order valence-corrected chi connectivity index (χ3v) is 4.34. The maximum atomic E-state index is 10.4. The molecule has 1 unspecified atom stereocenters. The molecule has 2 nitrogen and oxygen atoms in total. The molecule has 0 amide bonds. The van der Waals surface area contributed by atoms with Crippen molar-refractivity contribution in [3.63, 3.8) is 0 Å². The molecule has 0 spiro atoms. The Morgan fingerprint density at radius 2 is 1.82 bits per heavy atom. The van der Waals surface area contributed by atoms with Crippen molar-refractivity contribution in [2.45, 2.75) is 76.9 Å². The van der Waals surface area contributed by atoms with Crippen molar-refractivity contribution in [2.75, 3.05) is 5.75 Å². The first-order chi connectivity index (χ1) is 8.20. The summed E-state index contributed by atoms with van der Waals surface area (Å²) in [6, 6.07) is 0.